The van der Waals surface area contributed by atoms with Crippen molar-refractivity contribution in [3.63, 3.8) is 0 Å². The van der Waals surface area contributed by atoms with Crippen LogP contribution >= 0.6 is 0 Å². The van der Waals surface area contributed by atoms with Crippen molar-refractivity contribution in [2.24, 2.45) is 0 Å². The highest BCUT2D eigenvalue weighted by atomic mass is 32.2. The Kier molecular flexibility index (Phi) is 5.00. The Balaban J connectivity index is 2.10. The lowest BCUT2D eigenvalue weighted by molar-refractivity contribution is 0.0526. The van der Waals surface area contributed by atoms with Crippen LogP contribution in [0.3, 0.4) is 0 Å². The molecule has 6 heteroatoms. The van der Waals surface area contributed by atoms with Gasteiger partial charge in [-0.2, -0.15) is 0 Å². The number of sulfone groups is 1. The van der Waals surface area contributed by atoms with Gasteiger partial charge in [-0.15, -0.1) is 0 Å². The molecule has 1 fully saturated rings. The first-order chi connectivity index (χ1) is 9.90. The fourth-order valence-corrected chi connectivity index (χ4v) is 3.27. The van der Waals surface area contributed by atoms with Crippen LogP contribution in [-0.2, 0) is 15.6 Å². The monoisotopic (exact) mass is 311 g/mol. The number of hydrogen-bond acceptors (Lipinski definition) is 4. The molecular weight excluding hydrogens is 290 g/mol. The Morgan fingerprint density at radius 1 is 1.29 bits per heavy atom. The summed E-state index contributed by atoms with van der Waals surface area (Å²) in [5.74, 6) is -0.121. The number of rotatable bonds is 6. The first-order valence-corrected chi connectivity index (χ1v) is 9.15. The van der Waals surface area contributed by atoms with Gasteiger partial charge in [-0.25, -0.2) is 8.42 Å². The van der Waals surface area contributed by atoms with Gasteiger partial charge in [0.15, 0.2) is 9.84 Å². The Bertz CT molecular complexity index is 591. The minimum atomic E-state index is -3.07. The van der Waals surface area contributed by atoms with Crippen LogP contribution in [0.25, 0.3) is 0 Å². The fraction of sp³-hybridized carbons (Fsp3) is 0.533. The van der Waals surface area contributed by atoms with E-state index >= 15 is 0 Å². The summed E-state index contributed by atoms with van der Waals surface area (Å²) in [6.45, 7) is 0.295. The van der Waals surface area contributed by atoms with Gasteiger partial charge in [0.05, 0.1) is 12.4 Å². The number of carbonyl (C=O) groups excluding carboxylic acids is 1. The maximum atomic E-state index is 12.5. The zero-order valence-electron chi connectivity index (χ0n) is 12.2. The van der Waals surface area contributed by atoms with Crippen molar-refractivity contribution in [1.82, 2.24) is 4.90 Å². The normalized spacial score (nSPS) is 15.5. The molecule has 0 radical (unpaired) electrons. The molecule has 116 valence electrons. The smallest absolute Gasteiger partial charge is 0.254 e. The number of benzene rings is 1. The van der Waals surface area contributed by atoms with Gasteiger partial charge >= 0.3 is 0 Å². The molecule has 1 aromatic carbocycles. The number of aliphatic hydroxyl groups excluding tert-OH is 1. The van der Waals surface area contributed by atoms with Crippen LogP contribution in [0.5, 0.6) is 0 Å². The van der Waals surface area contributed by atoms with Gasteiger partial charge in [0.1, 0.15) is 0 Å². The largest absolute Gasteiger partial charge is 0.395 e. The minimum Gasteiger partial charge on any atom is -0.395 e. The lowest BCUT2D eigenvalue weighted by Gasteiger charge is -2.37. The van der Waals surface area contributed by atoms with Crippen molar-refractivity contribution in [1.29, 1.82) is 0 Å². The van der Waals surface area contributed by atoms with Crippen molar-refractivity contribution in [2.45, 2.75) is 31.1 Å². The van der Waals surface area contributed by atoms with E-state index in [0.717, 1.165) is 19.3 Å². The van der Waals surface area contributed by atoms with Crippen LogP contribution in [-0.4, -0.2) is 49.8 Å². The molecule has 1 saturated carbocycles. The molecule has 0 atom stereocenters. The standard InChI is InChI=1S/C15H21NO4S/c1-21(19,20)11-12-5-7-13(8-6-12)15(18)16(9-10-17)14-3-2-4-14/h5-8,14,17H,2-4,9-11H2,1H3. The van der Waals surface area contributed by atoms with E-state index in [9.17, 15) is 13.2 Å². The molecule has 5 nitrogen and oxygen atoms in total. The van der Waals surface area contributed by atoms with Crippen LogP contribution < -0.4 is 0 Å². The predicted octanol–water partition coefficient (Wildman–Crippen LogP) is 1.22. The Morgan fingerprint density at radius 2 is 1.90 bits per heavy atom. The maximum absolute atomic E-state index is 12.5. The molecule has 0 heterocycles. The lowest BCUT2D eigenvalue weighted by atomic mass is 9.91. The highest BCUT2D eigenvalue weighted by Gasteiger charge is 2.28. The fourth-order valence-electron chi connectivity index (χ4n) is 2.47. The van der Waals surface area contributed by atoms with Gasteiger partial charge in [0, 0.05) is 24.4 Å². The molecule has 2 rings (SSSR count). The molecule has 0 unspecified atom stereocenters. The molecular formula is C15H21NO4S. The Labute approximate surface area is 125 Å². The van der Waals surface area contributed by atoms with Gasteiger partial charge in [0.2, 0.25) is 0 Å². The van der Waals surface area contributed by atoms with E-state index in [2.05, 4.69) is 0 Å². The van der Waals surface area contributed by atoms with E-state index in [1.54, 1.807) is 29.2 Å². The first-order valence-electron chi connectivity index (χ1n) is 7.09. The average molecular weight is 311 g/mol. The summed E-state index contributed by atoms with van der Waals surface area (Å²) in [6, 6.07) is 6.89. The van der Waals surface area contributed by atoms with Crippen LogP contribution in [0.1, 0.15) is 35.2 Å². The zero-order valence-corrected chi connectivity index (χ0v) is 13.0. The zero-order chi connectivity index (χ0) is 15.5. The molecule has 1 amide bonds. The first kappa shape index (κ1) is 16.0. The maximum Gasteiger partial charge on any atom is 0.254 e. The molecule has 0 aromatic heterocycles. The molecule has 0 aliphatic heterocycles. The second-order valence-corrected chi connectivity index (χ2v) is 7.71. The van der Waals surface area contributed by atoms with E-state index in [0.29, 0.717) is 17.7 Å². The van der Waals surface area contributed by atoms with Crippen molar-refractivity contribution >= 4 is 15.7 Å². The summed E-state index contributed by atoms with van der Waals surface area (Å²) in [4.78, 5) is 14.2. The van der Waals surface area contributed by atoms with Gasteiger partial charge in [0.25, 0.3) is 5.91 Å². The van der Waals surface area contributed by atoms with Gasteiger partial charge in [-0.3, -0.25) is 4.79 Å². The Hall–Kier alpha value is -1.40. The van der Waals surface area contributed by atoms with E-state index in [-0.39, 0.29) is 24.3 Å². The molecule has 21 heavy (non-hydrogen) atoms. The van der Waals surface area contributed by atoms with Crippen molar-refractivity contribution < 1.29 is 18.3 Å². The van der Waals surface area contributed by atoms with Crippen molar-refractivity contribution in [2.75, 3.05) is 19.4 Å². The van der Waals surface area contributed by atoms with Crippen LogP contribution in [0.2, 0.25) is 0 Å². The number of carbonyl (C=O) groups is 1. The van der Waals surface area contributed by atoms with Crippen molar-refractivity contribution in [3.05, 3.63) is 35.4 Å². The minimum absolute atomic E-state index is 0.0234. The van der Waals surface area contributed by atoms with E-state index < -0.39 is 9.84 Å². The molecule has 1 N–H and O–H groups in total. The highest BCUT2D eigenvalue weighted by Crippen LogP contribution is 2.26. The lowest BCUT2D eigenvalue weighted by Crippen LogP contribution is -2.45. The second-order valence-electron chi connectivity index (χ2n) is 5.57. The van der Waals surface area contributed by atoms with E-state index in [1.807, 2.05) is 0 Å². The number of amides is 1. The van der Waals surface area contributed by atoms with Crippen LogP contribution in [0, 0.1) is 0 Å². The Morgan fingerprint density at radius 3 is 2.33 bits per heavy atom. The highest BCUT2D eigenvalue weighted by molar-refractivity contribution is 7.89. The topological polar surface area (TPSA) is 74.7 Å². The van der Waals surface area contributed by atoms with Crippen LogP contribution in [0.15, 0.2) is 24.3 Å². The second kappa shape index (κ2) is 6.58. The molecule has 0 saturated heterocycles. The van der Waals surface area contributed by atoms with Crippen molar-refractivity contribution in [3.8, 4) is 0 Å². The number of nitrogens with zero attached hydrogens (tertiary/aromatic N) is 1. The van der Waals surface area contributed by atoms with Gasteiger partial charge in [-0.1, -0.05) is 12.1 Å². The number of aliphatic hydroxyl groups is 1. The average Bonchev–Trinajstić information content (AvgIpc) is 2.34. The molecule has 0 bridgehead atoms. The quantitative estimate of drug-likeness (QED) is 0.857. The van der Waals surface area contributed by atoms with E-state index in [1.165, 1.54) is 6.26 Å². The third kappa shape index (κ3) is 4.28. The predicted molar refractivity (Wildman–Crippen MR) is 80.8 cm³/mol. The van der Waals surface area contributed by atoms with E-state index in [4.69, 9.17) is 5.11 Å². The molecule has 0 spiro atoms. The van der Waals surface area contributed by atoms with Gasteiger partial charge < -0.3 is 10.0 Å². The summed E-state index contributed by atoms with van der Waals surface area (Å²) >= 11 is 0. The summed E-state index contributed by atoms with van der Waals surface area (Å²) < 4.78 is 22.5. The summed E-state index contributed by atoms with van der Waals surface area (Å²) in [6.07, 6.45) is 4.27. The van der Waals surface area contributed by atoms with Crippen LogP contribution in [0.4, 0.5) is 0 Å². The summed E-state index contributed by atoms with van der Waals surface area (Å²) in [5, 5.41) is 9.11. The summed E-state index contributed by atoms with van der Waals surface area (Å²) in [7, 11) is -3.07. The molecule has 1 aromatic rings. The molecule has 1 aliphatic carbocycles. The third-order valence-electron chi connectivity index (χ3n) is 3.75. The third-order valence-corrected chi connectivity index (χ3v) is 4.60. The molecule has 1 aliphatic rings. The SMILES string of the molecule is CS(=O)(=O)Cc1ccc(C(=O)N(CCO)C2CCC2)cc1. The summed E-state index contributed by atoms with van der Waals surface area (Å²) in [5.41, 5.74) is 1.21. The van der Waals surface area contributed by atoms with Gasteiger partial charge in [-0.05, 0) is 37.0 Å². The number of hydrogen-bond donors (Lipinski definition) is 1.